The van der Waals surface area contributed by atoms with Crippen LogP contribution in [0.5, 0.6) is 11.5 Å². The van der Waals surface area contributed by atoms with Gasteiger partial charge in [0.05, 0.1) is 0 Å². The normalized spacial score (nSPS) is 15.3. The van der Waals surface area contributed by atoms with Gasteiger partial charge in [0.2, 0.25) is 0 Å². The number of ether oxygens (including phenoxy) is 2. The van der Waals surface area contributed by atoms with Gasteiger partial charge in [-0.25, -0.2) is 0 Å². The molecule has 3 aromatic carbocycles. The zero-order chi connectivity index (χ0) is 23.9. The van der Waals surface area contributed by atoms with E-state index in [1.165, 1.54) is 5.56 Å². The minimum atomic E-state index is 0.511. The van der Waals surface area contributed by atoms with E-state index in [1.54, 1.807) is 0 Å². The lowest BCUT2D eigenvalue weighted by Crippen LogP contribution is -2.30. The first-order valence-electron chi connectivity index (χ1n) is 12.4. The number of benzene rings is 3. The van der Waals surface area contributed by atoms with E-state index >= 15 is 0 Å². The number of rotatable bonds is 8. The molecule has 35 heavy (non-hydrogen) atoms. The van der Waals surface area contributed by atoms with Gasteiger partial charge in [-0.1, -0.05) is 17.7 Å². The molecule has 6 heteroatoms. The van der Waals surface area contributed by atoms with Crippen LogP contribution in [0.15, 0.2) is 76.7 Å². The molecule has 0 amide bonds. The van der Waals surface area contributed by atoms with Crippen LogP contribution in [0.3, 0.4) is 0 Å². The van der Waals surface area contributed by atoms with Crippen molar-refractivity contribution in [1.29, 1.82) is 0 Å². The average molecular weight is 469 g/mol. The SMILES string of the molecule is Cc1cc(COc2ccc(C3=NCCCN3)cc2)cc(COc2ccc(C3=NCCCN3)cc2)c1. The van der Waals surface area contributed by atoms with E-state index in [-0.39, 0.29) is 0 Å². The van der Waals surface area contributed by atoms with Crippen LogP contribution in [-0.4, -0.2) is 37.9 Å². The van der Waals surface area contributed by atoms with Crippen LogP contribution in [0.25, 0.3) is 0 Å². The van der Waals surface area contributed by atoms with Crippen molar-refractivity contribution in [1.82, 2.24) is 10.6 Å². The maximum absolute atomic E-state index is 6.06. The molecule has 0 unspecified atom stereocenters. The number of nitrogens with one attached hydrogen (secondary N) is 2. The molecule has 0 fully saturated rings. The Hall–Kier alpha value is -3.80. The maximum Gasteiger partial charge on any atom is 0.128 e. The molecule has 0 saturated carbocycles. The van der Waals surface area contributed by atoms with Crippen molar-refractivity contribution in [2.24, 2.45) is 9.98 Å². The molecular weight excluding hydrogens is 436 g/mol. The van der Waals surface area contributed by atoms with Crippen molar-refractivity contribution < 1.29 is 9.47 Å². The highest BCUT2D eigenvalue weighted by molar-refractivity contribution is 5.99. The Kier molecular flexibility index (Phi) is 7.27. The summed E-state index contributed by atoms with van der Waals surface area (Å²) in [4.78, 5) is 9.10. The number of nitrogens with zero attached hydrogens (tertiary/aromatic N) is 2. The largest absolute Gasteiger partial charge is 0.489 e. The van der Waals surface area contributed by atoms with Crippen LogP contribution in [0.1, 0.15) is 40.7 Å². The van der Waals surface area contributed by atoms with Gasteiger partial charge in [-0.05, 0) is 85.5 Å². The molecule has 2 aliphatic heterocycles. The van der Waals surface area contributed by atoms with Gasteiger partial charge in [-0.3, -0.25) is 9.98 Å². The zero-order valence-corrected chi connectivity index (χ0v) is 20.2. The van der Waals surface area contributed by atoms with Gasteiger partial charge in [-0.15, -0.1) is 0 Å². The van der Waals surface area contributed by atoms with E-state index in [0.717, 1.165) is 84.4 Å². The van der Waals surface area contributed by atoms with Crippen LogP contribution in [0.2, 0.25) is 0 Å². The Morgan fingerprint density at radius 2 is 1.11 bits per heavy atom. The molecule has 180 valence electrons. The number of hydrogen-bond acceptors (Lipinski definition) is 6. The summed E-state index contributed by atoms with van der Waals surface area (Å²) in [5.74, 6) is 3.64. The van der Waals surface area contributed by atoms with Gasteiger partial charge in [0.25, 0.3) is 0 Å². The highest BCUT2D eigenvalue weighted by atomic mass is 16.5. The molecular formula is C29H32N4O2. The summed E-state index contributed by atoms with van der Waals surface area (Å²) in [5, 5.41) is 6.71. The minimum absolute atomic E-state index is 0.511. The van der Waals surface area contributed by atoms with Crippen molar-refractivity contribution in [3.8, 4) is 11.5 Å². The van der Waals surface area contributed by atoms with Gasteiger partial charge >= 0.3 is 0 Å². The van der Waals surface area contributed by atoms with E-state index in [9.17, 15) is 0 Å². The van der Waals surface area contributed by atoms with Crippen molar-refractivity contribution in [2.45, 2.75) is 33.0 Å². The lowest BCUT2D eigenvalue weighted by atomic mass is 10.1. The minimum Gasteiger partial charge on any atom is -0.489 e. The van der Waals surface area contributed by atoms with E-state index in [2.05, 4.69) is 70.0 Å². The molecule has 0 radical (unpaired) electrons. The van der Waals surface area contributed by atoms with Crippen molar-refractivity contribution >= 4 is 11.7 Å². The third-order valence-corrected chi connectivity index (χ3v) is 6.06. The van der Waals surface area contributed by atoms with Crippen LogP contribution < -0.4 is 20.1 Å². The molecule has 6 nitrogen and oxygen atoms in total. The number of hydrogen-bond donors (Lipinski definition) is 2. The second-order valence-electron chi connectivity index (χ2n) is 8.97. The predicted molar refractivity (Wildman–Crippen MR) is 141 cm³/mol. The monoisotopic (exact) mass is 468 g/mol. The van der Waals surface area contributed by atoms with Crippen molar-refractivity contribution in [2.75, 3.05) is 26.2 Å². The molecule has 2 N–H and O–H groups in total. The second kappa shape index (κ2) is 11.1. The van der Waals surface area contributed by atoms with Crippen LogP contribution in [-0.2, 0) is 13.2 Å². The topological polar surface area (TPSA) is 67.2 Å². The molecule has 0 bridgehead atoms. The predicted octanol–water partition coefficient (Wildman–Crippen LogP) is 4.63. The van der Waals surface area contributed by atoms with E-state index in [1.807, 2.05) is 24.3 Å². The summed E-state index contributed by atoms with van der Waals surface area (Å²) >= 11 is 0. The lowest BCUT2D eigenvalue weighted by Gasteiger charge is -2.15. The molecule has 2 aliphatic rings. The summed E-state index contributed by atoms with van der Waals surface area (Å²) in [6.07, 6.45) is 2.18. The summed E-state index contributed by atoms with van der Waals surface area (Å²) in [7, 11) is 0. The molecule has 0 aromatic heterocycles. The average Bonchev–Trinajstić information content (AvgIpc) is 2.92. The molecule has 0 saturated heterocycles. The van der Waals surface area contributed by atoms with Crippen LogP contribution in [0, 0.1) is 6.92 Å². The Morgan fingerprint density at radius 3 is 1.51 bits per heavy atom. The van der Waals surface area contributed by atoms with E-state index in [4.69, 9.17) is 9.47 Å². The van der Waals surface area contributed by atoms with Gasteiger partial charge in [0, 0.05) is 37.3 Å². The number of aryl methyl sites for hydroxylation is 1. The molecule has 3 aromatic rings. The maximum atomic E-state index is 6.06. The van der Waals surface area contributed by atoms with E-state index < -0.39 is 0 Å². The fraction of sp³-hybridized carbons (Fsp3) is 0.310. The Labute approximate surface area is 207 Å². The standard InChI is InChI=1S/C29H32N4O2/c1-21-16-22(19-34-26-8-4-24(5-9-26)28-30-12-2-13-31-28)18-23(17-21)20-35-27-10-6-25(7-11-27)29-32-14-3-15-33-29/h4-11,16-18H,2-3,12-15,19-20H2,1H3,(H,30,31)(H,32,33). The number of aliphatic imine (C=N–C) groups is 2. The lowest BCUT2D eigenvalue weighted by molar-refractivity contribution is 0.299. The van der Waals surface area contributed by atoms with Gasteiger partial charge in [-0.2, -0.15) is 0 Å². The zero-order valence-electron chi connectivity index (χ0n) is 20.2. The highest BCUT2D eigenvalue weighted by Crippen LogP contribution is 2.19. The van der Waals surface area contributed by atoms with Gasteiger partial charge < -0.3 is 20.1 Å². The second-order valence-corrected chi connectivity index (χ2v) is 8.97. The fourth-order valence-corrected chi connectivity index (χ4v) is 4.32. The van der Waals surface area contributed by atoms with Gasteiger partial charge in [0.15, 0.2) is 0 Å². The summed E-state index contributed by atoms with van der Waals surface area (Å²) in [6, 6.07) is 22.7. The molecule has 0 atom stereocenters. The van der Waals surface area contributed by atoms with Crippen LogP contribution >= 0.6 is 0 Å². The Balaban J connectivity index is 1.16. The molecule has 2 heterocycles. The van der Waals surface area contributed by atoms with E-state index in [0.29, 0.717) is 13.2 Å². The smallest absolute Gasteiger partial charge is 0.128 e. The van der Waals surface area contributed by atoms with Gasteiger partial charge in [0.1, 0.15) is 36.4 Å². The Bertz CT molecular complexity index is 1110. The first-order valence-corrected chi connectivity index (χ1v) is 12.4. The van der Waals surface area contributed by atoms with Crippen molar-refractivity contribution in [3.05, 3.63) is 94.5 Å². The summed E-state index contributed by atoms with van der Waals surface area (Å²) < 4.78 is 12.1. The van der Waals surface area contributed by atoms with Crippen molar-refractivity contribution in [3.63, 3.8) is 0 Å². The first kappa shape index (κ1) is 23.0. The summed E-state index contributed by atoms with van der Waals surface area (Å²) in [6.45, 7) is 6.86. The fourth-order valence-electron chi connectivity index (χ4n) is 4.32. The quantitative estimate of drug-likeness (QED) is 0.506. The summed E-state index contributed by atoms with van der Waals surface area (Å²) in [5.41, 5.74) is 5.65. The Morgan fingerprint density at radius 1 is 0.657 bits per heavy atom. The highest BCUT2D eigenvalue weighted by Gasteiger charge is 2.09. The number of amidine groups is 2. The molecule has 0 spiro atoms. The third-order valence-electron chi connectivity index (χ3n) is 6.06. The molecule has 0 aliphatic carbocycles. The third kappa shape index (κ3) is 6.21. The van der Waals surface area contributed by atoms with Crippen LogP contribution in [0.4, 0.5) is 0 Å². The molecule has 5 rings (SSSR count). The first-order chi connectivity index (χ1) is 17.2.